The van der Waals surface area contributed by atoms with E-state index in [-0.39, 0.29) is 10.8 Å². The summed E-state index contributed by atoms with van der Waals surface area (Å²) in [7, 11) is -3.67. The predicted molar refractivity (Wildman–Crippen MR) is 160 cm³/mol. The summed E-state index contributed by atoms with van der Waals surface area (Å²) in [6, 6.07) is 19.7. The van der Waals surface area contributed by atoms with Crippen molar-refractivity contribution in [3.8, 4) is 0 Å². The van der Waals surface area contributed by atoms with Crippen molar-refractivity contribution in [2.24, 2.45) is 11.8 Å². The third-order valence-corrected chi connectivity index (χ3v) is 9.03. The average molecular weight is 605 g/mol. The summed E-state index contributed by atoms with van der Waals surface area (Å²) in [4.78, 5) is 9.55. The molecule has 0 radical (unpaired) electrons. The monoisotopic (exact) mass is 603 g/mol. The Morgan fingerprint density at radius 3 is 2.10 bits per heavy atom. The van der Waals surface area contributed by atoms with Crippen molar-refractivity contribution in [2.45, 2.75) is 30.6 Å². The van der Waals surface area contributed by atoms with Crippen molar-refractivity contribution in [2.75, 3.05) is 23.7 Å². The molecule has 11 heteroatoms. The Morgan fingerprint density at radius 2 is 1.41 bits per heavy atom. The third-order valence-electron chi connectivity index (χ3n) is 6.93. The molecule has 204 valence electrons. The van der Waals surface area contributed by atoms with Gasteiger partial charge in [-0.1, -0.05) is 46.9 Å². The number of aromatic nitrogens is 2. The summed E-state index contributed by atoms with van der Waals surface area (Å²) in [6.45, 7) is 1.14. The van der Waals surface area contributed by atoms with Crippen LogP contribution in [0.1, 0.15) is 25.7 Å². The molecule has 3 N–H and O–H groups in total. The molecule has 0 spiro atoms. The van der Waals surface area contributed by atoms with Gasteiger partial charge in [-0.15, -0.1) is 0 Å². The van der Waals surface area contributed by atoms with Crippen molar-refractivity contribution in [3.05, 3.63) is 81.8 Å². The number of nitrogens with one attached hydrogen (secondary N) is 3. The summed E-state index contributed by atoms with van der Waals surface area (Å²) in [6.07, 6.45) is 3.86. The number of rotatable bonds is 9. The molecule has 1 aliphatic carbocycles. The first-order chi connectivity index (χ1) is 18.7. The second-order valence-corrected chi connectivity index (χ2v) is 12.8. The summed E-state index contributed by atoms with van der Waals surface area (Å²) in [5.74, 6) is 2.02. The highest BCUT2D eigenvalue weighted by Crippen LogP contribution is 2.30. The van der Waals surface area contributed by atoms with Crippen LogP contribution in [0.25, 0.3) is 10.9 Å². The Morgan fingerprint density at radius 1 is 0.769 bits per heavy atom. The molecule has 0 amide bonds. The first kappa shape index (κ1) is 27.9. The number of hydrogen-bond acceptors (Lipinski definition) is 6. The van der Waals surface area contributed by atoms with Gasteiger partial charge in [-0.3, -0.25) is 0 Å². The van der Waals surface area contributed by atoms with E-state index in [1.54, 1.807) is 0 Å². The van der Waals surface area contributed by atoms with Gasteiger partial charge in [0.2, 0.25) is 16.0 Å². The van der Waals surface area contributed by atoms with Crippen LogP contribution in [0.2, 0.25) is 15.1 Å². The second kappa shape index (κ2) is 12.3. The number of sulfonamides is 1. The van der Waals surface area contributed by atoms with Gasteiger partial charge in [-0.2, -0.15) is 4.98 Å². The summed E-state index contributed by atoms with van der Waals surface area (Å²) >= 11 is 18.0. The van der Waals surface area contributed by atoms with Gasteiger partial charge in [0.15, 0.2) is 0 Å². The molecule has 1 saturated carbocycles. The topological polar surface area (TPSA) is 96.0 Å². The Balaban J connectivity index is 1.16. The molecule has 1 heterocycles. The van der Waals surface area contributed by atoms with Crippen LogP contribution >= 0.6 is 34.8 Å². The van der Waals surface area contributed by atoms with Crippen molar-refractivity contribution in [3.63, 3.8) is 0 Å². The van der Waals surface area contributed by atoms with Crippen LogP contribution in [0.4, 0.5) is 17.5 Å². The Hall–Kier alpha value is -2.62. The zero-order valence-corrected chi connectivity index (χ0v) is 24.1. The van der Waals surface area contributed by atoms with Crippen molar-refractivity contribution in [1.29, 1.82) is 0 Å². The van der Waals surface area contributed by atoms with E-state index >= 15 is 0 Å². The van der Waals surface area contributed by atoms with Gasteiger partial charge < -0.3 is 10.6 Å². The van der Waals surface area contributed by atoms with E-state index in [0.29, 0.717) is 33.5 Å². The van der Waals surface area contributed by atoms with Crippen LogP contribution < -0.4 is 15.4 Å². The van der Waals surface area contributed by atoms with Gasteiger partial charge in [-0.25, -0.2) is 18.1 Å². The fraction of sp³-hybridized carbons (Fsp3) is 0.286. The highest BCUT2D eigenvalue weighted by molar-refractivity contribution is 7.89. The van der Waals surface area contributed by atoms with E-state index in [9.17, 15) is 8.42 Å². The predicted octanol–water partition coefficient (Wildman–Crippen LogP) is 7.53. The molecule has 7 nitrogen and oxygen atoms in total. The number of anilines is 3. The minimum atomic E-state index is -3.67. The molecule has 39 heavy (non-hydrogen) atoms. The van der Waals surface area contributed by atoms with Crippen LogP contribution in [0, 0.1) is 11.8 Å². The minimum Gasteiger partial charge on any atom is -0.354 e. The van der Waals surface area contributed by atoms with Gasteiger partial charge in [0, 0.05) is 39.2 Å². The van der Waals surface area contributed by atoms with E-state index in [0.717, 1.165) is 54.6 Å². The van der Waals surface area contributed by atoms with E-state index in [2.05, 4.69) is 15.4 Å². The van der Waals surface area contributed by atoms with Crippen molar-refractivity contribution in [1.82, 2.24) is 14.7 Å². The number of hydrogen-bond donors (Lipinski definition) is 3. The molecule has 5 rings (SSSR count). The van der Waals surface area contributed by atoms with Gasteiger partial charge in [0.1, 0.15) is 5.82 Å². The molecule has 0 unspecified atom stereocenters. The first-order valence-electron chi connectivity index (χ1n) is 12.7. The molecule has 0 aliphatic heterocycles. The maximum absolute atomic E-state index is 12.7. The van der Waals surface area contributed by atoms with Crippen molar-refractivity contribution >= 4 is 73.2 Å². The zero-order valence-electron chi connectivity index (χ0n) is 21.0. The lowest BCUT2D eigenvalue weighted by atomic mass is 9.82. The number of halogens is 3. The fourth-order valence-electron chi connectivity index (χ4n) is 4.79. The molecule has 3 aromatic carbocycles. The second-order valence-electron chi connectivity index (χ2n) is 9.77. The van der Waals surface area contributed by atoms with Crippen LogP contribution in [0.15, 0.2) is 71.6 Å². The molecule has 1 aromatic heterocycles. The molecule has 0 bridgehead atoms. The molecular formula is C28H28Cl3N5O2S. The lowest BCUT2D eigenvalue weighted by molar-refractivity contribution is 0.284. The highest BCUT2D eigenvalue weighted by Gasteiger charge is 2.24. The van der Waals surface area contributed by atoms with Crippen LogP contribution in [0.3, 0.4) is 0 Å². The van der Waals surface area contributed by atoms with E-state index in [4.69, 9.17) is 44.8 Å². The summed E-state index contributed by atoms with van der Waals surface area (Å²) in [5, 5.41) is 8.99. The number of para-hydroxylation sites is 1. The number of fused-ring (bicyclic) bond motifs is 1. The molecule has 1 fully saturated rings. The quantitative estimate of drug-likeness (QED) is 0.183. The first-order valence-corrected chi connectivity index (χ1v) is 15.4. The Labute approximate surface area is 243 Å². The van der Waals surface area contributed by atoms with Gasteiger partial charge in [-0.05, 0) is 92.1 Å². The fourth-order valence-corrected chi connectivity index (χ4v) is 6.76. The Bertz CT molecular complexity index is 1540. The van der Waals surface area contributed by atoms with Crippen molar-refractivity contribution < 1.29 is 8.42 Å². The summed E-state index contributed by atoms with van der Waals surface area (Å²) in [5.41, 5.74) is 1.74. The largest absolute Gasteiger partial charge is 0.354 e. The van der Waals surface area contributed by atoms with Gasteiger partial charge in [0.25, 0.3) is 0 Å². The van der Waals surface area contributed by atoms with E-state index in [1.165, 1.54) is 18.2 Å². The highest BCUT2D eigenvalue weighted by atomic mass is 35.5. The molecule has 0 atom stereocenters. The standard InChI is InChI=1S/C28H28Cl3N5O2S/c29-20-9-11-23(12-10-20)34-27-25-3-1-2-4-26(25)35-28(36-27)32-16-18-5-7-19(8-6-18)17-33-39(37,38)24-14-21(30)13-22(31)15-24/h1-4,9-15,18-19,33H,5-8,16-17H2,(H2,32,34,35,36)/t18-,19-. The number of nitrogens with zero attached hydrogens (tertiary/aromatic N) is 2. The lowest BCUT2D eigenvalue weighted by Crippen LogP contribution is -2.32. The van der Waals surface area contributed by atoms with Gasteiger partial charge >= 0.3 is 0 Å². The van der Waals surface area contributed by atoms with E-state index in [1.807, 2.05) is 48.5 Å². The Kier molecular flexibility index (Phi) is 8.79. The minimum absolute atomic E-state index is 0.0817. The SMILES string of the molecule is O=S(=O)(NC[C@H]1CC[C@H](CNc2nc(Nc3ccc(Cl)cc3)c3ccccc3n2)CC1)c1cc(Cl)cc(Cl)c1. The molecular weight excluding hydrogens is 577 g/mol. The lowest BCUT2D eigenvalue weighted by Gasteiger charge is -2.28. The van der Waals surface area contributed by atoms with E-state index < -0.39 is 10.0 Å². The third kappa shape index (κ3) is 7.32. The number of benzene rings is 3. The maximum atomic E-state index is 12.7. The summed E-state index contributed by atoms with van der Waals surface area (Å²) < 4.78 is 28.1. The maximum Gasteiger partial charge on any atom is 0.240 e. The molecule has 0 saturated heterocycles. The van der Waals surface area contributed by atoms with Gasteiger partial charge in [0.05, 0.1) is 10.4 Å². The van der Waals surface area contributed by atoms with Crippen LogP contribution in [-0.2, 0) is 10.0 Å². The average Bonchev–Trinajstić information content (AvgIpc) is 2.92. The van der Waals surface area contributed by atoms with Crippen LogP contribution in [0.5, 0.6) is 0 Å². The zero-order chi connectivity index (χ0) is 27.4. The van der Waals surface area contributed by atoms with Crippen LogP contribution in [-0.4, -0.2) is 31.5 Å². The molecule has 4 aromatic rings. The molecule has 1 aliphatic rings. The smallest absolute Gasteiger partial charge is 0.240 e. The normalized spacial score (nSPS) is 17.7.